The molecule has 4 aromatic rings. The van der Waals surface area contributed by atoms with Gasteiger partial charge < -0.3 is 14.2 Å². The Morgan fingerprint density at radius 2 is 1.70 bits per heavy atom. The molecule has 0 fully saturated rings. The summed E-state index contributed by atoms with van der Waals surface area (Å²) in [6.07, 6.45) is 1.94. The van der Waals surface area contributed by atoms with Gasteiger partial charge in [0.25, 0.3) is 0 Å². The standard InChI is InChI=1S/C20H19N3O3S/c1-4-26-18-16(24-2)10-14(11-17(18)25-3)19-22-23-12-15(21-20(23)27-19)13-8-6-5-7-9-13/h5-12H,4H2,1-3H3. The third kappa shape index (κ3) is 3.21. The molecule has 0 unspecified atom stereocenters. The van der Waals surface area contributed by atoms with E-state index in [4.69, 9.17) is 19.2 Å². The van der Waals surface area contributed by atoms with E-state index in [0.29, 0.717) is 23.9 Å². The Bertz CT molecular complexity index is 1020. The average molecular weight is 381 g/mol. The van der Waals surface area contributed by atoms with E-state index < -0.39 is 0 Å². The topological polar surface area (TPSA) is 57.9 Å². The molecule has 0 aliphatic heterocycles. The van der Waals surface area contributed by atoms with Gasteiger partial charge in [0.2, 0.25) is 10.7 Å². The van der Waals surface area contributed by atoms with E-state index in [1.54, 1.807) is 18.7 Å². The minimum Gasteiger partial charge on any atom is -0.493 e. The molecule has 0 aliphatic rings. The Morgan fingerprint density at radius 1 is 1.00 bits per heavy atom. The first kappa shape index (κ1) is 17.4. The van der Waals surface area contributed by atoms with E-state index in [1.165, 1.54) is 11.3 Å². The van der Waals surface area contributed by atoms with Gasteiger partial charge in [0, 0.05) is 11.1 Å². The number of aromatic nitrogens is 3. The second-order valence-corrected chi connectivity index (χ2v) is 6.73. The lowest BCUT2D eigenvalue weighted by Gasteiger charge is -2.14. The van der Waals surface area contributed by atoms with Gasteiger partial charge in [0.15, 0.2) is 11.5 Å². The Balaban J connectivity index is 1.75. The van der Waals surface area contributed by atoms with Crippen LogP contribution in [0, 0.1) is 0 Å². The molecule has 138 valence electrons. The van der Waals surface area contributed by atoms with Crippen molar-refractivity contribution >= 4 is 16.3 Å². The number of hydrogen-bond donors (Lipinski definition) is 0. The Hall–Kier alpha value is -3.06. The van der Waals surface area contributed by atoms with Crippen molar-refractivity contribution in [2.75, 3.05) is 20.8 Å². The first-order valence-electron chi connectivity index (χ1n) is 8.54. The highest BCUT2D eigenvalue weighted by Crippen LogP contribution is 2.42. The molecule has 2 aromatic carbocycles. The average Bonchev–Trinajstić information content (AvgIpc) is 3.28. The summed E-state index contributed by atoms with van der Waals surface area (Å²) in [5, 5.41) is 5.51. The summed E-state index contributed by atoms with van der Waals surface area (Å²) in [5.41, 5.74) is 2.87. The quantitative estimate of drug-likeness (QED) is 0.491. The summed E-state index contributed by atoms with van der Waals surface area (Å²) in [5.74, 6) is 1.83. The minimum absolute atomic E-state index is 0.527. The van der Waals surface area contributed by atoms with Gasteiger partial charge >= 0.3 is 0 Å². The second-order valence-electron chi connectivity index (χ2n) is 5.77. The van der Waals surface area contributed by atoms with Crippen LogP contribution in [0.1, 0.15) is 6.92 Å². The number of fused-ring (bicyclic) bond motifs is 1. The smallest absolute Gasteiger partial charge is 0.213 e. The van der Waals surface area contributed by atoms with Crippen molar-refractivity contribution in [3.63, 3.8) is 0 Å². The number of methoxy groups -OCH3 is 2. The third-order valence-corrected chi connectivity index (χ3v) is 5.08. The summed E-state index contributed by atoms with van der Waals surface area (Å²) >= 11 is 1.51. The fourth-order valence-corrected chi connectivity index (χ4v) is 3.72. The molecule has 0 spiro atoms. The molecule has 0 aliphatic carbocycles. The van der Waals surface area contributed by atoms with Crippen molar-refractivity contribution in [2.24, 2.45) is 0 Å². The summed E-state index contributed by atoms with van der Waals surface area (Å²) in [6, 6.07) is 13.9. The van der Waals surface area contributed by atoms with Crippen LogP contribution in [0.5, 0.6) is 17.2 Å². The van der Waals surface area contributed by atoms with Crippen LogP contribution in [-0.4, -0.2) is 35.4 Å². The van der Waals surface area contributed by atoms with Crippen molar-refractivity contribution in [3.05, 3.63) is 48.7 Å². The number of imidazole rings is 1. The van der Waals surface area contributed by atoms with Gasteiger partial charge in [-0.2, -0.15) is 5.10 Å². The van der Waals surface area contributed by atoms with Crippen molar-refractivity contribution in [1.29, 1.82) is 0 Å². The van der Waals surface area contributed by atoms with Crippen LogP contribution in [0.2, 0.25) is 0 Å². The Kier molecular flexibility index (Phi) is 4.68. The van der Waals surface area contributed by atoms with Gasteiger partial charge in [-0.1, -0.05) is 41.7 Å². The zero-order valence-electron chi connectivity index (χ0n) is 15.3. The molecular weight excluding hydrogens is 362 g/mol. The molecule has 27 heavy (non-hydrogen) atoms. The third-order valence-electron chi connectivity index (χ3n) is 4.11. The van der Waals surface area contributed by atoms with E-state index >= 15 is 0 Å². The highest BCUT2D eigenvalue weighted by atomic mass is 32.1. The molecule has 2 aromatic heterocycles. The van der Waals surface area contributed by atoms with Crippen LogP contribution in [0.15, 0.2) is 48.7 Å². The minimum atomic E-state index is 0.527. The number of nitrogens with zero attached hydrogens (tertiary/aromatic N) is 3. The normalized spacial score (nSPS) is 10.9. The fraction of sp³-hybridized carbons (Fsp3) is 0.200. The first-order valence-corrected chi connectivity index (χ1v) is 9.36. The van der Waals surface area contributed by atoms with E-state index in [0.717, 1.165) is 26.8 Å². The zero-order chi connectivity index (χ0) is 18.8. The lowest BCUT2D eigenvalue weighted by molar-refractivity contribution is 0.288. The monoisotopic (exact) mass is 381 g/mol. The maximum atomic E-state index is 5.66. The van der Waals surface area contributed by atoms with Gasteiger partial charge in [-0.3, -0.25) is 0 Å². The molecule has 2 heterocycles. The SMILES string of the molecule is CCOc1c(OC)cc(-c2nn3cc(-c4ccccc4)nc3s2)cc1OC. The van der Waals surface area contributed by atoms with Crippen LogP contribution in [0.25, 0.3) is 26.8 Å². The maximum absolute atomic E-state index is 5.66. The summed E-state index contributed by atoms with van der Waals surface area (Å²) in [6.45, 7) is 2.45. The largest absolute Gasteiger partial charge is 0.493 e. The van der Waals surface area contributed by atoms with Gasteiger partial charge in [-0.25, -0.2) is 9.50 Å². The van der Waals surface area contributed by atoms with Gasteiger partial charge in [-0.15, -0.1) is 0 Å². The number of benzene rings is 2. The van der Waals surface area contributed by atoms with Crippen LogP contribution in [0.4, 0.5) is 0 Å². The maximum Gasteiger partial charge on any atom is 0.213 e. The second kappa shape index (κ2) is 7.28. The molecule has 0 saturated heterocycles. The van der Waals surface area contributed by atoms with E-state index in [1.807, 2.05) is 55.6 Å². The van der Waals surface area contributed by atoms with Crippen LogP contribution < -0.4 is 14.2 Å². The molecule has 0 radical (unpaired) electrons. The molecule has 0 amide bonds. The Labute approximate surface area is 161 Å². The predicted octanol–water partition coefficient (Wildman–Crippen LogP) is 4.54. The van der Waals surface area contributed by atoms with Crippen LogP contribution >= 0.6 is 11.3 Å². The molecule has 4 rings (SSSR count). The molecule has 7 heteroatoms. The van der Waals surface area contributed by atoms with Crippen LogP contribution in [0.3, 0.4) is 0 Å². The lowest BCUT2D eigenvalue weighted by Crippen LogP contribution is -1.99. The summed E-state index contributed by atoms with van der Waals surface area (Å²) in [4.78, 5) is 5.52. The molecule has 0 atom stereocenters. The van der Waals surface area contributed by atoms with Crippen molar-refractivity contribution < 1.29 is 14.2 Å². The van der Waals surface area contributed by atoms with Crippen molar-refractivity contribution in [2.45, 2.75) is 6.92 Å². The molecule has 0 bridgehead atoms. The van der Waals surface area contributed by atoms with Crippen molar-refractivity contribution in [3.8, 4) is 39.1 Å². The molecule has 0 saturated carbocycles. The summed E-state index contributed by atoms with van der Waals surface area (Å²) in [7, 11) is 3.23. The number of ether oxygens (including phenoxy) is 3. The predicted molar refractivity (Wildman–Crippen MR) is 106 cm³/mol. The molecule has 0 N–H and O–H groups in total. The first-order chi connectivity index (χ1) is 13.2. The number of hydrogen-bond acceptors (Lipinski definition) is 6. The van der Waals surface area contributed by atoms with Gasteiger partial charge in [0.05, 0.1) is 32.7 Å². The molecular formula is C20H19N3O3S. The molecule has 6 nitrogen and oxygen atoms in total. The van der Waals surface area contributed by atoms with Gasteiger partial charge in [-0.05, 0) is 19.1 Å². The highest BCUT2D eigenvalue weighted by Gasteiger charge is 2.18. The number of rotatable bonds is 6. The highest BCUT2D eigenvalue weighted by molar-refractivity contribution is 7.19. The van der Waals surface area contributed by atoms with E-state index in [2.05, 4.69) is 5.10 Å². The lowest BCUT2D eigenvalue weighted by atomic mass is 10.2. The van der Waals surface area contributed by atoms with Crippen molar-refractivity contribution in [1.82, 2.24) is 14.6 Å². The Morgan fingerprint density at radius 3 is 2.30 bits per heavy atom. The van der Waals surface area contributed by atoms with E-state index in [9.17, 15) is 0 Å². The van der Waals surface area contributed by atoms with Gasteiger partial charge in [0.1, 0.15) is 5.01 Å². The zero-order valence-corrected chi connectivity index (χ0v) is 16.1. The van der Waals surface area contributed by atoms with E-state index in [-0.39, 0.29) is 0 Å². The fourth-order valence-electron chi connectivity index (χ4n) is 2.85. The van der Waals surface area contributed by atoms with Crippen LogP contribution in [-0.2, 0) is 0 Å². The summed E-state index contributed by atoms with van der Waals surface area (Å²) < 4.78 is 18.4.